The lowest BCUT2D eigenvalue weighted by Gasteiger charge is -2.15. The molecule has 0 aliphatic carbocycles. The standard InChI is InChI=1S/C21H22N6O2/c1-4-26-12-16(19(28)15-10-9-13(2)22-20(15)26)21(29)23-14(3)11-27-18-8-6-5-7-17(18)24-25-27/h5-10,12,14H,4,11H2,1-3H3,(H,23,29)/t14-/m1/s1. The van der Waals surface area contributed by atoms with E-state index in [1.807, 2.05) is 49.6 Å². The SMILES string of the molecule is CCn1cc(C(=O)N[C@H](C)Cn2nnc3ccccc32)c(=O)c2ccc(C)nc21. The molecule has 4 rings (SSSR count). The van der Waals surface area contributed by atoms with E-state index < -0.39 is 5.91 Å². The normalized spacial score (nSPS) is 12.4. The summed E-state index contributed by atoms with van der Waals surface area (Å²) < 4.78 is 3.58. The number of amides is 1. The minimum Gasteiger partial charge on any atom is -0.348 e. The zero-order valence-electron chi connectivity index (χ0n) is 16.6. The van der Waals surface area contributed by atoms with Crippen LogP contribution in [0.15, 0.2) is 47.4 Å². The number of nitrogens with zero attached hydrogens (tertiary/aromatic N) is 5. The van der Waals surface area contributed by atoms with E-state index in [1.54, 1.807) is 23.0 Å². The fourth-order valence-corrected chi connectivity index (χ4v) is 3.42. The van der Waals surface area contributed by atoms with Crippen molar-refractivity contribution in [2.45, 2.75) is 39.9 Å². The summed E-state index contributed by atoms with van der Waals surface area (Å²) in [5.74, 6) is -0.406. The molecule has 3 heterocycles. The highest BCUT2D eigenvalue weighted by Crippen LogP contribution is 2.12. The molecule has 1 amide bonds. The third-order valence-electron chi connectivity index (χ3n) is 4.89. The predicted molar refractivity (Wildman–Crippen MR) is 111 cm³/mol. The van der Waals surface area contributed by atoms with Gasteiger partial charge < -0.3 is 9.88 Å². The molecule has 1 atom stereocenters. The van der Waals surface area contributed by atoms with Crippen LogP contribution in [0.2, 0.25) is 0 Å². The molecule has 0 aliphatic heterocycles. The van der Waals surface area contributed by atoms with E-state index in [4.69, 9.17) is 0 Å². The summed E-state index contributed by atoms with van der Waals surface area (Å²) in [4.78, 5) is 30.2. The van der Waals surface area contributed by atoms with Crippen LogP contribution in [0.5, 0.6) is 0 Å². The molecule has 0 bridgehead atoms. The number of fused-ring (bicyclic) bond motifs is 2. The smallest absolute Gasteiger partial charge is 0.257 e. The molecular formula is C21H22N6O2. The van der Waals surface area contributed by atoms with Crippen LogP contribution < -0.4 is 10.7 Å². The summed E-state index contributed by atoms with van der Waals surface area (Å²) >= 11 is 0. The average Bonchev–Trinajstić information content (AvgIpc) is 3.11. The lowest BCUT2D eigenvalue weighted by atomic mass is 10.1. The van der Waals surface area contributed by atoms with Crippen molar-refractivity contribution in [1.29, 1.82) is 0 Å². The summed E-state index contributed by atoms with van der Waals surface area (Å²) in [7, 11) is 0. The van der Waals surface area contributed by atoms with Gasteiger partial charge in [-0.15, -0.1) is 5.10 Å². The molecule has 3 aromatic heterocycles. The third kappa shape index (κ3) is 3.49. The van der Waals surface area contributed by atoms with Gasteiger partial charge in [-0.25, -0.2) is 9.67 Å². The Morgan fingerprint density at radius 2 is 2.00 bits per heavy atom. The molecule has 8 nitrogen and oxygen atoms in total. The molecule has 0 spiro atoms. The molecule has 148 valence electrons. The largest absolute Gasteiger partial charge is 0.348 e. The molecule has 0 radical (unpaired) electrons. The number of benzene rings is 1. The molecule has 1 N–H and O–H groups in total. The summed E-state index contributed by atoms with van der Waals surface area (Å²) in [6, 6.07) is 10.9. The van der Waals surface area contributed by atoms with E-state index in [-0.39, 0.29) is 17.0 Å². The van der Waals surface area contributed by atoms with Crippen LogP contribution in [0.4, 0.5) is 0 Å². The second-order valence-electron chi connectivity index (χ2n) is 7.12. The first-order chi connectivity index (χ1) is 14.0. The van der Waals surface area contributed by atoms with Crippen LogP contribution in [0.1, 0.15) is 29.9 Å². The first kappa shape index (κ1) is 18.8. The van der Waals surface area contributed by atoms with E-state index in [0.717, 1.165) is 16.7 Å². The van der Waals surface area contributed by atoms with Crippen LogP contribution in [-0.4, -0.2) is 36.5 Å². The maximum Gasteiger partial charge on any atom is 0.257 e. The zero-order valence-corrected chi connectivity index (χ0v) is 16.6. The Morgan fingerprint density at radius 3 is 2.79 bits per heavy atom. The van der Waals surface area contributed by atoms with Gasteiger partial charge in [-0.3, -0.25) is 9.59 Å². The van der Waals surface area contributed by atoms with E-state index in [0.29, 0.717) is 24.1 Å². The summed E-state index contributed by atoms with van der Waals surface area (Å²) in [6.45, 7) is 6.75. The molecule has 0 aliphatic rings. The van der Waals surface area contributed by atoms with E-state index in [1.165, 1.54) is 0 Å². The monoisotopic (exact) mass is 390 g/mol. The number of aromatic nitrogens is 5. The molecule has 1 aromatic carbocycles. The van der Waals surface area contributed by atoms with Crippen molar-refractivity contribution in [1.82, 2.24) is 29.9 Å². The van der Waals surface area contributed by atoms with Crippen molar-refractivity contribution < 1.29 is 4.79 Å². The van der Waals surface area contributed by atoms with E-state index in [9.17, 15) is 9.59 Å². The fraction of sp³-hybridized carbons (Fsp3) is 0.286. The Labute approximate surface area is 167 Å². The van der Waals surface area contributed by atoms with Gasteiger partial charge in [-0.1, -0.05) is 17.3 Å². The van der Waals surface area contributed by atoms with Gasteiger partial charge in [0.1, 0.15) is 16.7 Å². The Bertz CT molecular complexity index is 1270. The Hall–Kier alpha value is -3.55. The Balaban J connectivity index is 1.61. The Morgan fingerprint density at radius 1 is 1.21 bits per heavy atom. The van der Waals surface area contributed by atoms with Crippen molar-refractivity contribution in [2.75, 3.05) is 0 Å². The first-order valence-electron chi connectivity index (χ1n) is 9.58. The molecule has 29 heavy (non-hydrogen) atoms. The van der Waals surface area contributed by atoms with Crippen LogP contribution >= 0.6 is 0 Å². The van der Waals surface area contributed by atoms with E-state index in [2.05, 4.69) is 20.6 Å². The molecular weight excluding hydrogens is 368 g/mol. The molecule has 8 heteroatoms. The second kappa shape index (κ2) is 7.46. The van der Waals surface area contributed by atoms with Gasteiger partial charge in [0.05, 0.1) is 17.4 Å². The van der Waals surface area contributed by atoms with Crippen LogP contribution in [0.3, 0.4) is 0 Å². The second-order valence-corrected chi connectivity index (χ2v) is 7.12. The fourth-order valence-electron chi connectivity index (χ4n) is 3.42. The number of pyridine rings is 2. The molecule has 0 fully saturated rings. The number of carbonyl (C=O) groups excluding carboxylic acids is 1. The van der Waals surface area contributed by atoms with Crippen molar-refractivity contribution in [3.63, 3.8) is 0 Å². The number of hydrogen-bond donors (Lipinski definition) is 1. The summed E-state index contributed by atoms with van der Waals surface area (Å²) in [5.41, 5.74) is 2.91. The van der Waals surface area contributed by atoms with Crippen molar-refractivity contribution in [2.24, 2.45) is 0 Å². The summed E-state index contributed by atoms with van der Waals surface area (Å²) in [5, 5.41) is 11.6. The number of carbonyl (C=O) groups is 1. The van der Waals surface area contributed by atoms with Gasteiger partial charge in [0.25, 0.3) is 5.91 Å². The Kier molecular flexibility index (Phi) is 4.84. The van der Waals surface area contributed by atoms with Crippen molar-refractivity contribution >= 4 is 28.0 Å². The molecule has 0 saturated heterocycles. The predicted octanol–water partition coefficient (Wildman–Crippen LogP) is 2.29. The molecule has 0 unspecified atom stereocenters. The van der Waals surface area contributed by atoms with Gasteiger partial charge in [-0.2, -0.15) is 0 Å². The van der Waals surface area contributed by atoms with Crippen LogP contribution in [0, 0.1) is 6.92 Å². The van der Waals surface area contributed by atoms with Crippen molar-refractivity contribution in [3.8, 4) is 0 Å². The quantitative estimate of drug-likeness (QED) is 0.564. The zero-order chi connectivity index (χ0) is 20.5. The van der Waals surface area contributed by atoms with Gasteiger partial charge in [0.2, 0.25) is 5.43 Å². The highest BCUT2D eigenvalue weighted by Gasteiger charge is 2.18. The number of rotatable bonds is 5. The number of aryl methyl sites for hydroxylation is 2. The average molecular weight is 390 g/mol. The molecule has 0 saturated carbocycles. The van der Waals surface area contributed by atoms with Crippen LogP contribution in [-0.2, 0) is 13.1 Å². The summed E-state index contributed by atoms with van der Waals surface area (Å²) in [6.07, 6.45) is 1.59. The van der Waals surface area contributed by atoms with Crippen LogP contribution in [0.25, 0.3) is 22.1 Å². The van der Waals surface area contributed by atoms with Gasteiger partial charge >= 0.3 is 0 Å². The van der Waals surface area contributed by atoms with Gasteiger partial charge in [-0.05, 0) is 45.0 Å². The lowest BCUT2D eigenvalue weighted by molar-refractivity contribution is 0.0934. The first-order valence-corrected chi connectivity index (χ1v) is 9.58. The lowest BCUT2D eigenvalue weighted by Crippen LogP contribution is -2.38. The highest BCUT2D eigenvalue weighted by atomic mass is 16.2. The van der Waals surface area contributed by atoms with E-state index >= 15 is 0 Å². The molecule has 4 aromatic rings. The maximum absolute atomic E-state index is 12.9. The van der Waals surface area contributed by atoms with Crippen molar-refractivity contribution in [3.05, 3.63) is 64.1 Å². The highest BCUT2D eigenvalue weighted by molar-refractivity contribution is 5.97. The topological polar surface area (TPSA) is 94.7 Å². The number of hydrogen-bond acceptors (Lipinski definition) is 5. The minimum atomic E-state index is -0.406. The number of nitrogens with one attached hydrogen (secondary N) is 1. The number of para-hydroxylation sites is 1. The van der Waals surface area contributed by atoms with Gasteiger partial charge in [0.15, 0.2) is 0 Å². The minimum absolute atomic E-state index is 0.111. The maximum atomic E-state index is 12.9. The van der Waals surface area contributed by atoms with Gasteiger partial charge in [0, 0.05) is 24.5 Å². The third-order valence-corrected chi connectivity index (χ3v) is 4.89.